The third kappa shape index (κ3) is 2.11. The van der Waals surface area contributed by atoms with Crippen LogP contribution in [0.3, 0.4) is 0 Å². The zero-order chi connectivity index (χ0) is 13.4. The zero-order valence-corrected chi connectivity index (χ0v) is 10.7. The van der Waals surface area contributed by atoms with Crippen LogP contribution in [-0.4, -0.2) is 14.7 Å². The smallest absolute Gasteiger partial charge is 0.326 e. The molecular formula is C14H11ClN2O2. The van der Waals surface area contributed by atoms with Crippen molar-refractivity contribution >= 4 is 22.6 Å². The van der Waals surface area contributed by atoms with Crippen LogP contribution in [0.15, 0.2) is 47.3 Å². The summed E-state index contributed by atoms with van der Waals surface area (Å²) in [5.41, 5.74) is 2.00. The number of aromatic nitrogens is 2. The topological polar surface area (TPSA) is 58.0 Å². The van der Waals surface area contributed by atoms with Gasteiger partial charge in [-0.15, -0.1) is 0 Å². The lowest BCUT2D eigenvalue weighted by atomic mass is 10.2. The molecule has 0 radical (unpaired) electrons. The molecule has 1 aromatic heterocycles. The number of halogens is 1. The van der Waals surface area contributed by atoms with Crippen LogP contribution in [-0.2, 0) is 6.54 Å². The summed E-state index contributed by atoms with van der Waals surface area (Å²) in [6, 6.07) is 12.2. The maximum absolute atomic E-state index is 11.9. The number of nitrogens with one attached hydrogen (secondary N) is 1. The van der Waals surface area contributed by atoms with Crippen LogP contribution >= 0.6 is 11.6 Å². The number of imidazole rings is 1. The number of phenolic OH excluding ortho intramolecular Hbond substituents is 1. The molecule has 0 bridgehead atoms. The van der Waals surface area contributed by atoms with Crippen LogP contribution in [0, 0.1) is 0 Å². The summed E-state index contributed by atoms with van der Waals surface area (Å²) in [6.45, 7) is 0.392. The van der Waals surface area contributed by atoms with Gasteiger partial charge in [-0.3, -0.25) is 4.57 Å². The van der Waals surface area contributed by atoms with E-state index in [1.807, 2.05) is 18.2 Å². The molecule has 0 aliphatic carbocycles. The molecule has 0 spiro atoms. The summed E-state index contributed by atoms with van der Waals surface area (Å²) < 4.78 is 1.59. The molecule has 0 atom stereocenters. The minimum atomic E-state index is -0.222. The van der Waals surface area contributed by atoms with Crippen molar-refractivity contribution in [2.45, 2.75) is 6.54 Å². The van der Waals surface area contributed by atoms with Gasteiger partial charge in [0.05, 0.1) is 17.6 Å². The van der Waals surface area contributed by atoms with Crippen LogP contribution in [0.2, 0.25) is 5.02 Å². The van der Waals surface area contributed by atoms with E-state index in [0.717, 1.165) is 11.1 Å². The molecule has 0 aliphatic heterocycles. The number of hydrogen-bond donors (Lipinski definition) is 2. The molecule has 3 rings (SSSR count). The normalized spacial score (nSPS) is 11.0. The number of rotatable bonds is 2. The first-order chi connectivity index (χ1) is 9.15. The van der Waals surface area contributed by atoms with Gasteiger partial charge in [0.1, 0.15) is 5.75 Å². The van der Waals surface area contributed by atoms with E-state index in [1.54, 1.807) is 22.8 Å². The Morgan fingerprint density at radius 2 is 2.00 bits per heavy atom. The first-order valence-corrected chi connectivity index (χ1v) is 6.18. The molecule has 96 valence electrons. The van der Waals surface area contributed by atoms with Gasteiger partial charge in [0, 0.05) is 11.1 Å². The first kappa shape index (κ1) is 11.9. The van der Waals surface area contributed by atoms with Crippen LogP contribution in [0.4, 0.5) is 0 Å². The van der Waals surface area contributed by atoms with Gasteiger partial charge in [-0.05, 0) is 23.8 Å². The molecule has 0 amide bonds. The molecule has 2 aromatic carbocycles. The first-order valence-electron chi connectivity index (χ1n) is 5.80. The summed E-state index contributed by atoms with van der Waals surface area (Å²) >= 11 is 6.10. The highest BCUT2D eigenvalue weighted by atomic mass is 35.5. The minimum Gasteiger partial charge on any atom is -0.508 e. The Morgan fingerprint density at radius 1 is 1.21 bits per heavy atom. The molecule has 0 fully saturated rings. The summed E-state index contributed by atoms with van der Waals surface area (Å²) in [5, 5.41) is 10.0. The highest BCUT2D eigenvalue weighted by Gasteiger charge is 2.09. The molecule has 0 saturated carbocycles. The van der Waals surface area contributed by atoms with Crippen molar-refractivity contribution in [2.24, 2.45) is 0 Å². The second-order valence-corrected chi connectivity index (χ2v) is 4.72. The number of aromatic amines is 1. The van der Waals surface area contributed by atoms with Gasteiger partial charge >= 0.3 is 5.69 Å². The Hall–Kier alpha value is -2.20. The second-order valence-electron chi connectivity index (χ2n) is 4.31. The molecular weight excluding hydrogens is 264 g/mol. The molecule has 19 heavy (non-hydrogen) atoms. The predicted molar refractivity (Wildman–Crippen MR) is 74.8 cm³/mol. The van der Waals surface area contributed by atoms with Crippen LogP contribution in [0.25, 0.3) is 11.0 Å². The zero-order valence-electron chi connectivity index (χ0n) is 9.93. The van der Waals surface area contributed by atoms with Crippen molar-refractivity contribution in [1.82, 2.24) is 9.55 Å². The van der Waals surface area contributed by atoms with E-state index in [2.05, 4.69) is 4.98 Å². The van der Waals surface area contributed by atoms with Gasteiger partial charge in [0.2, 0.25) is 0 Å². The quantitative estimate of drug-likeness (QED) is 0.755. The number of fused-ring (bicyclic) bond motifs is 1. The van der Waals surface area contributed by atoms with E-state index in [-0.39, 0.29) is 11.4 Å². The minimum absolute atomic E-state index is 0.124. The van der Waals surface area contributed by atoms with Gasteiger partial charge in [0.15, 0.2) is 0 Å². The van der Waals surface area contributed by atoms with Crippen LogP contribution in [0.1, 0.15) is 5.56 Å². The van der Waals surface area contributed by atoms with Gasteiger partial charge < -0.3 is 10.1 Å². The van der Waals surface area contributed by atoms with Crippen molar-refractivity contribution in [3.8, 4) is 5.75 Å². The molecule has 3 aromatic rings. The van der Waals surface area contributed by atoms with Crippen molar-refractivity contribution < 1.29 is 5.11 Å². The lowest BCUT2D eigenvalue weighted by Gasteiger charge is -2.05. The van der Waals surface area contributed by atoms with Crippen molar-refractivity contribution in [1.29, 1.82) is 0 Å². The Morgan fingerprint density at radius 3 is 2.79 bits per heavy atom. The third-order valence-corrected chi connectivity index (χ3v) is 3.41. The highest BCUT2D eigenvalue weighted by molar-refractivity contribution is 6.31. The Balaban J connectivity index is 2.13. The largest absolute Gasteiger partial charge is 0.508 e. The number of phenols is 1. The van der Waals surface area contributed by atoms with E-state index in [1.165, 1.54) is 6.07 Å². The standard InChI is InChI=1S/C14H11ClN2O2/c15-11-4-2-1-3-9(11)8-17-13-6-5-10(18)7-12(13)16-14(17)19/h1-7,18H,8H2,(H,16,19). The van der Waals surface area contributed by atoms with Crippen LogP contribution < -0.4 is 5.69 Å². The van der Waals surface area contributed by atoms with E-state index >= 15 is 0 Å². The lowest BCUT2D eigenvalue weighted by Crippen LogP contribution is -2.17. The number of H-pyrrole nitrogens is 1. The average Bonchev–Trinajstić information content (AvgIpc) is 2.68. The summed E-state index contributed by atoms with van der Waals surface area (Å²) in [5.74, 6) is 0.124. The molecule has 2 N–H and O–H groups in total. The SMILES string of the molecule is O=c1[nH]c2cc(O)ccc2n1Cc1ccccc1Cl. The fourth-order valence-corrected chi connectivity index (χ4v) is 2.30. The Bertz CT molecular complexity index is 805. The van der Waals surface area contributed by atoms with E-state index in [9.17, 15) is 9.90 Å². The molecule has 5 heteroatoms. The Labute approximate surface area is 113 Å². The van der Waals surface area contributed by atoms with Gasteiger partial charge in [-0.2, -0.15) is 0 Å². The molecule has 0 saturated heterocycles. The van der Waals surface area contributed by atoms with Crippen LogP contribution in [0.5, 0.6) is 5.75 Å². The summed E-state index contributed by atoms with van der Waals surface area (Å²) in [6.07, 6.45) is 0. The molecule has 1 heterocycles. The van der Waals surface area contributed by atoms with Gasteiger partial charge in [-0.25, -0.2) is 4.79 Å². The molecule has 4 nitrogen and oxygen atoms in total. The second kappa shape index (κ2) is 4.48. The average molecular weight is 275 g/mol. The number of hydrogen-bond acceptors (Lipinski definition) is 2. The lowest BCUT2D eigenvalue weighted by molar-refractivity contribution is 0.476. The third-order valence-electron chi connectivity index (χ3n) is 3.04. The Kier molecular flexibility index (Phi) is 2.80. The highest BCUT2D eigenvalue weighted by Crippen LogP contribution is 2.20. The van der Waals surface area contributed by atoms with Crippen molar-refractivity contribution in [2.75, 3.05) is 0 Å². The maximum Gasteiger partial charge on any atom is 0.326 e. The fraction of sp³-hybridized carbons (Fsp3) is 0.0714. The maximum atomic E-state index is 11.9. The monoisotopic (exact) mass is 274 g/mol. The molecule has 0 aliphatic rings. The summed E-state index contributed by atoms with van der Waals surface area (Å²) in [4.78, 5) is 14.7. The van der Waals surface area contributed by atoms with E-state index in [4.69, 9.17) is 11.6 Å². The van der Waals surface area contributed by atoms with Gasteiger partial charge in [-0.1, -0.05) is 29.8 Å². The van der Waals surface area contributed by atoms with Crippen molar-refractivity contribution in [3.63, 3.8) is 0 Å². The van der Waals surface area contributed by atoms with Crippen molar-refractivity contribution in [3.05, 3.63) is 63.5 Å². The summed E-state index contributed by atoms with van der Waals surface area (Å²) in [7, 11) is 0. The number of nitrogens with zero attached hydrogens (tertiary/aromatic N) is 1. The molecule has 0 unspecified atom stereocenters. The number of benzene rings is 2. The predicted octanol–water partition coefficient (Wildman–Crippen LogP) is 2.74. The van der Waals surface area contributed by atoms with E-state index < -0.39 is 0 Å². The fourth-order valence-electron chi connectivity index (χ4n) is 2.11. The number of aromatic hydroxyl groups is 1. The van der Waals surface area contributed by atoms with E-state index in [0.29, 0.717) is 17.1 Å². The van der Waals surface area contributed by atoms with Gasteiger partial charge in [0.25, 0.3) is 0 Å².